The van der Waals surface area contributed by atoms with E-state index in [4.69, 9.17) is 14.8 Å². The van der Waals surface area contributed by atoms with Crippen molar-refractivity contribution in [1.29, 1.82) is 0 Å². The highest BCUT2D eigenvalue weighted by Crippen LogP contribution is 2.32. The maximum atomic E-state index is 13.1. The summed E-state index contributed by atoms with van der Waals surface area (Å²) in [5, 5.41) is 12.0. The van der Waals surface area contributed by atoms with Crippen molar-refractivity contribution in [2.75, 3.05) is 11.9 Å². The van der Waals surface area contributed by atoms with Crippen molar-refractivity contribution in [3.63, 3.8) is 0 Å². The number of imidazole rings is 1. The van der Waals surface area contributed by atoms with Crippen LogP contribution in [-0.2, 0) is 13.0 Å². The molecule has 5 rings (SSSR count). The molecule has 1 fully saturated rings. The van der Waals surface area contributed by atoms with E-state index in [1.165, 1.54) is 6.42 Å². The van der Waals surface area contributed by atoms with Gasteiger partial charge in [-0.05, 0) is 54.7 Å². The van der Waals surface area contributed by atoms with Crippen molar-refractivity contribution in [1.82, 2.24) is 14.9 Å². The molecule has 1 saturated carbocycles. The molecule has 1 aromatic heterocycles. The van der Waals surface area contributed by atoms with Crippen molar-refractivity contribution < 1.29 is 19.4 Å². The Labute approximate surface area is 241 Å². The normalized spacial score (nSPS) is 13.7. The molecule has 0 spiro atoms. The third-order valence-corrected chi connectivity index (χ3v) is 7.91. The Balaban J connectivity index is 1.49. The molecule has 1 aliphatic rings. The lowest BCUT2D eigenvalue weighted by molar-refractivity contribution is 0.144. The lowest BCUT2D eigenvalue weighted by atomic mass is 9.94. The molecule has 0 aliphatic heterocycles. The fourth-order valence-corrected chi connectivity index (χ4v) is 5.83. The molecule has 3 aromatic carbocycles. The summed E-state index contributed by atoms with van der Waals surface area (Å²) in [4.78, 5) is 31.1. The van der Waals surface area contributed by atoms with Crippen LogP contribution < -0.4 is 15.0 Å². The molecule has 2 N–H and O–H groups in total. The van der Waals surface area contributed by atoms with E-state index in [0.29, 0.717) is 12.3 Å². The first-order valence-electron chi connectivity index (χ1n) is 14.6. The Morgan fingerprint density at radius 3 is 2.51 bits per heavy atom. The number of nitrogens with one attached hydrogen (secondary N) is 1. The minimum absolute atomic E-state index is 0.0729. The summed E-state index contributed by atoms with van der Waals surface area (Å²) in [6.07, 6.45) is 7.19. The Morgan fingerprint density at radius 2 is 1.80 bits per heavy atom. The lowest BCUT2D eigenvalue weighted by Crippen LogP contribution is -2.46. The number of urea groups is 1. The molecule has 8 heteroatoms. The standard InChI is InChI=1S/C33H38N4O4/c1-3-4-14-31-35-28-20-19-26(37(32(38)34-2)25-10-6-5-7-11-25)21-29(28)36(31)22-23-15-17-24(18-16-23)27-12-8-9-13-30(27)41-33(39)40/h8-9,12-13,15-21,25H,3-7,10-11,14,22H2,1-2H3,(H,34,38)(H,39,40). The van der Waals surface area contributed by atoms with Crippen molar-refractivity contribution in [2.45, 2.75) is 70.9 Å². The minimum Gasteiger partial charge on any atom is -0.449 e. The molecule has 0 bridgehead atoms. The number of para-hydroxylation sites is 1. The Hall–Kier alpha value is -4.33. The second-order valence-corrected chi connectivity index (χ2v) is 10.7. The second kappa shape index (κ2) is 12.9. The van der Waals surface area contributed by atoms with E-state index in [-0.39, 0.29) is 12.1 Å². The fourth-order valence-electron chi connectivity index (χ4n) is 5.83. The van der Waals surface area contributed by atoms with E-state index in [1.807, 2.05) is 41.3 Å². The molecule has 0 radical (unpaired) electrons. The summed E-state index contributed by atoms with van der Waals surface area (Å²) in [5.41, 5.74) is 5.54. The smallest absolute Gasteiger partial charge is 0.449 e. The van der Waals surface area contributed by atoms with E-state index in [1.54, 1.807) is 19.2 Å². The van der Waals surface area contributed by atoms with Crippen LogP contribution in [0.5, 0.6) is 5.75 Å². The predicted octanol–water partition coefficient (Wildman–Crippen LogP) is 7.63. The van der Waals surface area contributed by atoms with Crippen LogP contribution in [0.25, 0.3) is 22.2 Å². The highest BCUT2D eigenvalue weighted by molar-refractivity contribution is 5.95. The van der Waals surface area contributed by atoms with Gasteiger partial charge in [0.1, 0.15) is 11.6 Å². The highest BCUT2D eigenvalue weighted by Gasteiger charge is 2.27. The van der Waals surface area contributed by atoms with Gasteiger partial charge in [0.15, 0.2) is 0 Å². The van der Waals surface area contributed by atoms with E-state index < -0.39 is 6.16 Å². The number of benzene rings is 3. The number of carbonyl (C=O) groups is 2. The van der Waals surface area contributed by atoms with Gasteiger partial charge in [-0.15, -0.1) is 0 Å². The number of ether oxygens (including phenoxy) is 1. The van der Waals surface area contributed by atoms with Crippen molar-refractivity contribution in [3.05, 3.63) is 78.1 Å². The monoisotopic (exact) mass is 554 g/mol. The number of nitrogens with zero attached hydrogens (tertiary/aromatic N) is 3. The van der Waals surface area contributed by atoms with E-state index in [0.717, 1.165) is 84.2 Å². The Kier molecular flexibility index (Phi) is 8.87. The first-order valence-corrected chi connectivity index (χ1v) is 14.6. The molecule has 41 heavy (non-hydrogen) atoms. The quantitative estimate of drug-likeness (QED) is 0.164. The van der Waals surface area contributed by atoms with Gasteiger partial charge in [-0.3, -0.25) is 4.90 Å². The van der Waals surface area contributed by atoms with Crippen LogP contribution in [0.3, 0.4) is 0 Å². The van der Waals surface area contributed by atoms with Gasteiger partial charge in [-0.1, -0.05) is 75.1 Å². The number of aromatic nitrogens is 2. The number of hydrogen-bond acceptors (Lipinski definition) is 4. The zero-order valence-corrected chi connectivity index (χ0v) is 23.8. The number of carboxylic acid groups (broad SMARTS) is 1. The molecular formula is C33H38N4O4. The number of carbonyl (C=O) groups excluding carboxylic acids is 1. The third kappa shape index (κ3) is 6.37. The molecule has 2 amide bonds. The number of hydrogen-bond donors (Lipinski definition) is 2. The number of amides is 2. The van der Waals surface area contributed by atoms with Crippen LogP contribution in [0.2, 0.25) is 0 Å². The molecule has 4 aromatic rings. The molecule has 1 aliphatic carbocycles. The number of unbranched alkanes of at least 4 members (excludes halogenated alkanes) is 1. The topological polar surface area (TPSA) is 96.7 Å². The van der Waals surface area contributed by atoms with Gasteiger partial charge in [0, 0.05) is 37.3 Å². The summed E-state index contributed by atoms with van der Waals surface area (Å²) in [7, 11) is 1.69. The molecule has 0 atom stereocenters. The van der Waals surface area contributed by atoms with Crippen molar-refractivity contribution in [2.24, 2.45) is 0 Å². The number of anilines is 1. The largest absolute Gasteiger partial charge is 0.511 e. The van der Waals surface area contributed by atoms with Crippen LogP contribution in [0.4, 0.5) is 15.3 Å². The van der Waals surface area contributed by atoms with Gasteiger partial charge >= 0.3 is 12.2 Å². The minimum atomic E-state index is -1.33. The summed E-state index contributed by atoms with van der Waals surface area (Å²) < 4.78 is 7.26. The first kappa shape index (κ1) is 28.2. The molecule has 1 heterocycles. The van der Waals surface area contributed by atoms with Crippen molar-refractivity contribution in [3.8, 4) is 16.9 Å². The van der Waals surface area contributed by atoms with E-state index >= 15 is 0 Å². The molecule has 0 saturated heterocycles. The van der Waals surface area contributed by atoms with Crippen LogP contribution in [0.15, 0.2) is 66.7 Å². The summed E-state index contributed by atoms with van der Waals surface area (Å²) in [5.74, 6) is 1.34. The lowest BCUT2D eigenvalue weighted by Gasteiger charge is -2.34. The van der Waals surface area contributed by atoms with Gasteiger partial charge in [0.25, 0.3) is 0 Å². The van der Waals surface area contributed by atoms with E-state index in [2.05, 4.69) is 35.0 Å². The first-order chi connectivity index (χ1) is 20.0. The van der Waals surface area contributed by atoms with Gasteiger partial charge in [-0.2, -0.15) is 0 Å². The summed E-state index contributed by atoms with van der Waals surface area (Å²) in [6.45, 7) is 2.82. The average molecular weight is 555 g/mol. The Morgan fingerprint density at radius 1 is 1.05 bits per heavy atom. The number of rotatable bonds is 9. The molecular weight excluding hydrogens is 516 g/mol. The fraction of sp³-hybridized carbons (Fsp3) is 0.364. The van der Waals surface area contributed by atoms with Crippen LogP contribution in [0.1, 0.15) is 63.3 Å². The maximum absolute atomic E-state index is 13.1. The van der Waals surface area contributed by atoms with Gasteiger partial charge in [0.2, 0.25) is 0 Å². The van der Waals surface area contributed by atoms with Gasteiger partial charge in [-0.25, -0.2) is 14.6 Å². The Bertz CT molecular complexity index is 1510. The van der Waals surface area contributed by atoms with E-state index in [9.17, 15) is 9.59 Å². The molecule has 8 nitrogen and oxygen atoms in total. The van der Waals surface area contributed by atoms with Crippen LogP contribution in [-0.4, -0.2) is 39.9 Å². The number of fused-ring (bicyclic) bond motifs is 1. The maximum Gasteiger partial charge on any atom is 0.511 e. The van der Waals surface area contributed by atoms with Gasteiger partial charge < -0.3 is 19.7 Å². The second-order valence-electron chi connectivity index (χ2n) is 10.7. The zero-order chi connectivity index (χ0) is 28.8. The highest BCUT2D eigenvalue weighted by atomic mass is 16.7. The van der Waals surface area contributed by atoms with Gasteiger partial charge in [0.05, 0.1) is 11.0 Å². The molecule has 214 valence electrons. The predicted molar refractivity (Wildman–Crippen MR) is 162 cm³/mol. The number of aryl methyl sites for hydroxylation is 1. The van der Waals surface area contributed by atoms with Crippen molar-refractivity contribution >= 4 is 28.9 Å². The summed E-state index contributed by atoms with van der Waals surface area (Å²) in [6, 6.07) is 21.5. The zero-order valence-electron chi connectivity index (χ0n) is 23.8. The van der Waals surface area contributed by atoms with Crippen LogP contribution in [0, 0.1) is 0 Å². The SMILES string of the molecule is CCCCc1nc2ccc(N(C(=O)NC)C3CCCCC3)cc2n1Cc1ccc(-c2ccccc2OC(=O)O)cc1. The average Bonchev–Trinajstić information content (AvgIpc) is 3.33. The molecule has 0 unspecified atom stereocenters. The summed E-state index contributed by atoms with van der Waals surface area (Å²) >= 11 is 0. The van der Waals surface area contributed by atoms with Crippen LogP contribution >= 0.6 is 0 Å². The third-order valence-electron chi connectivity index (χ3n) is 7.91.